The molecular weight excluding hydrogens is 1050 g/mol. The Morgan fingerprint density at radius 2 is 1.01 bits per heavy atom. The van der Waals surface area contributed by atoms with E-state index < -0.39 is 42.7 Å². The van der Waals surface area contributed by atoms with Crippen molar-refractivity contribution in [2.75, 3.05) is 25.9 Å². The number of allylic oxidation sites excluding steroid dienone is 4. The van der Waals surface area contributed by atoms with E-state index in [0.717, 1.165) is 44.5 Å². The number of nitrogens with one attached hydrogen (secondary N) is 1. The maximum Gasteiger partial charge on any atom is 0.405 e. The standard InChI is InChI=1S/C69H67F3N5O4P/c1-3-4-27-53(2)68(54-28-11-5-12-29-54,55-30-13-6-14-31-55)76-47-45-73-63(76)42-49-80-82(79,51-26-10-25-44-66(65(78)75-52-67(70,71)72)61-40-23-21-38-59(61)60-39-22-24-41-62(60)66)81-50-43-64-74-46-48-77(64)69(56-32-15-7-16-33-56,57-34-17-8-18-35-57)58-36-19-9-20-37-58/h3-9,11-24,27-41,45-48H,10,25-26,42-44,49-52H2,1-2H3,(H,75,78)/b4-3-,53-27+. The van der Waals surface area contributed by atoms with Crippen molar-refractivity contribution in [3.05, 3.63) is 299 Å². The second-order valence-electron chi connectivity index (χ2n) is 20.7. The SMILES string of the molecule is C/C=C\C=C(/C)C(c1ccccc1)(c1ccccc1)n1ccnc1CCOP(=O)(CCCCCC1(C(=O)NCC(F)(F)F)c2ccccc2-c2ccccc21)OCCc1nccn1C(c1ccccc1)(c1ccccc1)c1ccccc1. The van der Waals surface area contributed by atoms with Gasteiger partial charge in [-0.2, -0.15) is 13.2 Å². The van der Waals surface area contributed by atoms with Crippen LogP contribution in [0.2, 0.25) is 0 Å². The molecule has 0 bridgehead atoms. The molecule has 0 saturated heterocycles. The van der Waals surface area contributed by atoms with Crippen LogP contribution in [-0.4, -0.2) is 57.1 Å². The summed E-state index contributed by atoms with van der Waals surface area (Å²) in [5.74, 6) is 0.707. The number of benzene rings is 7. The first-order valence-electron chi connectivity index (χ1n) is 28.0. The van der Waals surface area contributed by atoms with E-state index in [1.807, 2.05) is 171 Å². The summed E-state index contributed by atoms with van der Waals surface area (Å²) in [5.41, 5.74) is 6.14. The number of rotatable bonds is 25. The van der Waals surface area contributed by atoms with Crippen molar-refractivity contribution in [1.29, 1.82) is 0 Å². The second-order valence-corrected chi connectivity index (χ2v) is 22.8. The third-order valence-corrected chi connectivity index (χ3v) is 17.9. The van der Waals surface area contributed by atoms with Gasteiger partial charge in [-0.1, -0.05) is 231 Å². The van der Waals surface area contributed by atoms with E-state index in [1.165, 1.54) is 0 Å². The van der Waals surface area contributed by atoms with Crippen LogP contribution < -0.4 is 5.32 Å². The molecule has 1 N–H and O–H groups in total. The Balaban J connectivity index is 0.949. The average molecular weight is 1120 g/mol. The van der Waals surface area contributed by atoms with Crippen LogP contribution in [0.4, 0.5) is 13.2 Å². The van der Waals surface area contributed by atoms with Gasteiger partial charge in [0.15, 0.2) is 0 Å². The molecule has 0 saturated carbocycles. The van der Waals surface area contributed by atoms with Crippen molar-refractivity contribution < 1.29 is 31.6 Å². The summed E-state index contributed by atoms with van der Waals surface area (Å²) in [4.78, 5) is 24.2. The molecule has 2 heterocycles. The summed E-state index contributed by atoms with van der Waals surface area (Å²) in [5, 5.41) is 2.24. The zero-order chi connectivity index (χ0) is 57.1. The topological polar surface area (TPSA) is 100 Å². The Morgan fingerprint density at radius 3 is 1.48 bits per heavy atom. The molecule has 1 amide bonds. The number of carbonyl (C=O) groups excluding carboxylic acids is 1. The first kappa shape index (κ1) is 57.1. The highest BCUT2D eigenvalue weighted by Crippen LogP contribution is 2.53. The van der Waals surface area contributed by atoms with Crippen LogP contribution >= 0.6 is 7.60 Å². The molecule has 0 fully saturated rings. The average Bonchev–Trinajstić information content (AvgIpc) is 4.41. The highest BCUT2D eigenvalue weighted by molar-refractivity contribution is 7.53. The molecule has 0 aliphatic heterocycles. The van der Waals surface area contributed by atoms with Gasteiger partial charge in [0.25, 0.3) is 0 Å². The van der Waals surface area contributed by atoms with Crippen molar-refractivity contribution in [2.45, 2.75) is 75.0 Å². The maximum absolute atomic E-state index is 15.6. The zero-order valence-corrected chi connectivity index (χ0v) is 47.1. The van der Waals surface area contributed by atoms with Crippen LogP contribution in [0.15, 0.2) is 249 Å². The van der Waals surface area contributed by atoms with Gasteiger partial charge in [-0.15, -0.1) is 0 Å². The third-order valence-electron chi connectivity index (χ3n) is 15.8. The number of fused-ring (bicyclic) bond motifs is 3. The lowest BCUT2D eigenvalue weighted by Crippen LogP contribution is -2.47. The zero-order valence-electron chi connectivity index (χ0n) is 46.2. The summed E-state index contributed by atoms with van der Waals surface area (Å²) < 4.78 is 74.2. The lowest BCUT2D eigenvalue weighted by molar-refractivity contribution is -0.141. The Kier molecular flexibility index (Phi) is 17.6. The number of unbranched alkanes of at least 4 members (excludes halogenated alkanes) is 2. The molecule has 1 unspecified atom stereocenters. The van der Waals surface area contributed by atoms with E-state index in [9.17, 15) is 18.0 Å². The Morgan fingerprint density at radius 1 is 0.585 bits per heavy atom. The molecule has 10 rings (SSSR count). The fraction of sp³-hybridized carbons (Fsp3) is 0.232. The minimum atomic E-state index is -4.60. The smallest absolute Gasteiger partial charge is 0.346 e. The predicted molar refractivity (Wildman–Crippen MR) is 319 cm³/mol. The van der Waals surface area contributed by atoms with Crippen molar-refractivity contribution in [2.24, 2.45) is 0 Å². The first-order chi connectivity index (χ1) is 40.0. The number of hydrogen-bond donors (Lipinski definition) is 1. The fourth-order valence-electron chi connectivity index (χ4n) is 12.3. The number of imidazole rings is 2. The van der Waals surface area contributed by atoms with Gasteiger partial charge >= 0.3 is 13.8 Å². The van der Waals surface area contributed by atoms with E-state index >= 15 is 4.57 Å². The molecular formula is C69H67F3N5O4P. The van der Waals surface area contributed by atoms with E-state index in [0.29, 0.717) is 42.0 Å². The first-order valence-corrected chi connectivity index (χ1v) is 29.7. The van der Waals surface area contributed by atoms with Crippen LogP contribution in [0.3, 0.4) is 0 Å². The molecule has 7 aromatic carbocycles. The highest BCUT2D eigenvalue weighted by atomic mass is 31.2. The van der Waals surface area contributed by atoms with Gasteiger partial charge in [-0.3, -0.25) is 9.36 Å². The molecule has 2 aromatic heterocycles. The summed E-state index contributed by atoms with van der Waals surface area (Å²) in [7, 11) is -3.93. The van der Waals surface area contributed by atoms with Gasteiger partial charge in [-0.25, -0.2) is 9.97 Å². The lowest BCUT2D eigenvalue weighted by atomic mass is 9.73. The summed E-state index contributed by atoms with van der Waals surface area (Å²) in [6.45, 7) is 2.68. The van der Waals surface area contributed by atoms with Crippen LogP contribution in [0, 0.1) is 0 Å². The van der Waals surface area contributed by atoms with Crippen molar-refractivity contribution in [3.8, 4) is 11.1 Å². The number of nitrogens with zero attached hydrogens (tertiary/aromatic N) is 4. The van der Waals surface area contributed by atoms with Gasteiger partial charge in [-0.05, 0) is 82.3 Å². The van der Waals surface area contributed by atoms with Gasteiger partial charge < -0.3 is 23.5 Å². The monoisotopic (exact) mass is 1120 g/mol. The molecule has 1 atom stereocenters. The summed E-state index contributed by atoms with van der Waals surface area (Å²) in [6, 6.07) is 66.5. The molecule has 1 aliphatic carbocycles. The highest BCUT2D eigenvalue weighted by Gasteiger charge is 2.49. The summed E-state index contributed by atoms with van der Waals surface area (Å²) in [6.07, 6.45) is 11.2. The molecule has 13 heteroatoms. The van der Waals surface area contributed by atoms with E-state index in [4.69, 9.17) is 19.0 Å². The van der Waals surface area contributed by atoms with Crippen molar-refractivity contribution >= 4 is 13.5 Å². The van der Waals surface area contributed by atoms with Gasteiger partial charge in [0, 0.05) is 37.6 Å². The van der Waals surface area contributed by atoms with Gasteiger partial charge in [0.2, 0.25) is 5.91 Å². The van der Waals surface area contributed by atoms with Crippen LogP contribution in [-0.2, 0) is 47.7 Å². The normalized spacial score (nSPS) is 14.1. The molecule has 9 nitrogen and oxygen atoms in total. The molecule has 0 spiro atoms. The molecule has 9 aromatic rings. The molecule has 1 aliphatic rings. The molecule has 418 valence electrons. The molecule has 82 heavy (non-hydrogen) atoms. The van der Waals surface area contributed by atoms with Gasteiger partial charge in [0.1, 0.15) is 34.7 Å². The minimum Gasteiger partial charge on any atom is -0.346 e. The maximum atomic E-state index is 15.6. The number of hydrogen-bond acceptors (Lipinski definition) is 6. The number of aromatic nitrogens is 4. The number of carbonyl (C=O) groups is 1. The third kappa shape index (κ3) is 11.4. The lowest BCUT2D eigenvalue weighted by Gasteiger charge is -2.39. The minimum absolute atomic E-state index is 0.00742. The van der Waals surface area contributed by atoms with Gasteiger partial charge in [0.05, 0.1) is 19.4 Å². The van der Waals surface area contributed by atoms with E-state index in [-0.39, 0.29) is 38.6 Å². The Hall–Kier alpha value is -8.15. The van der Waals surface area contributed by atoms with Crippen molar-refractivity contribution in [3.63, 3.8) is 0 Å². The van der Waals surface area contributed by atoms with Crippen LogP contribution in [0.5, 0.6) is 0 Å². The summed E-state index contributed by atoms with van der Waals surface area (Å²) >= 11 is 0. The fourth-order valence-corrected chi connectivity index (χ4v) is 14.0. The predicted octanol–water partition coefficient (Wildman–Crippen LogP) is 15.5. The largest absolute Gasteiger partial charge is 0.405 e. The van der Waals surface area contributed by atoms with Crippen LogP contribution in [0.1, 0.15) is 90.1 Å². The van der Waals surface area contributed by atoms with E-state index in [1.54, 1.807) is 12.4 Å². The second kappa shape index (κ2) is 25.3. The number of alkyl halides is 3. The quantitative estimate of drug-likeness (QED) is 0.0265. The van der Waals surface area contributed by atoms with Crippen molar-refractivity contribution in [1.82, 2.24) is 24.4 Å². The number of halogens is 3. The van der Waals surface area contributed by atoms with E-state index in [2.05, 4.69) is 88.1 Å². The molecule has 0 radical (unpaired) electrons. The Bertz CT molecular complexity index is 3480. The Labute approximate surface area is 478 Å². The number of amides is 1. The van der Waals surface area contributed by atoms with Crippen LogP contribution in [0.25, 0.3) is 11.1 Å².